The molecule has 0 unspecified atom stereocenters. The van der Waals surface area contributed by atoms with Gasteiger partial charge in [0.1, 0.15) is 0 Å². The second-order valence-corrected chi connectivity index (χ2v) is 4.27. The van der Waals surface area contributed by atoms with E-state index in [0.717, 1.165) is 32.6 Å². The molecule has 1 aliphatic heterocycles. The van der Waals surface area contributed by atoms with Gasteiger partial charge in [0.2, 0.25) is 0 Å². The molecule has 0 aromatic carbocycles. The lowest BCUT2D eigenvalue weighted by molar-refractivity contribution is -0.0975. The average molecular weight is 200 g/mol. The first-order chi connectivity index (χ1) is 6.66. The minimum atomic E-state index is -0.0634. The van der Waals surface area contributed by atoms with Crippen molar-refractivity contribution >= 4 is 6.03 Å². The zero-order chi connectivity index (χ0) is 10.4. The molecule has 0 bridgehead atoms. The Morgan fingerprint density at radius 2 is 2.14 bits per heavy atom. The van der Waals surface area contributed by atoms with Crippen molar-refractivity contribution in [2.45, 2.75) is 26.7 Å². The van der Waals surface area contributed by atoms with Crippen LogP contribution in [0.3, 0.4) is 0 Å². The van der Waals surface area contributed by atoms with Gasteiger partial charge in [0.25, 0.3) is 0 Å². The lowest BCUT2D eigenvalue weighted by atomic mass is 9.89. The normalized spacial score (nSPS) is 18.4. The third-order valence-electron chi connectivity index (χ3n) is 2.39. The van der Waals surface area contributed by atoms with Crippen LogP contribution in [0, 0.1) is 5.41 Å². The summed E-state index contributed by atoms with van der Waals surface area (Å²) in [7, 11) is 0. The highest BCUT2D eigenvalue weighted by atomic mass is 16.5. The number of carbonyl (C=O) groups excluding carboxylic acids is 1. The van der Waals surface area contributed by atoms with Crippen LogP contribution in [-0.2, 0) is 4.74 Å². The van der Waals surface area contributed by atoms with E-state index in [9.17, 15) is 4.79 Å². The molecule has 2 N–H and O–H groups in total. The number of unbranched alkanes of at least 4 members (excludes halogenated alkanes) is 1. The van der Waals surface area contributed by atoms with E-state index in [2.05, 4.69) is 24.5 Å². The molecule has 4 heteroatoms. The Morgan fingerprint density at radius 1 is 1.43 bits per heavy atom. The van der Waals surface area contributed by atoms with Gasteiger partial charge in [-0.25, -0.2) is 4.79 Å². The van der Waals surface area contributed by atoms with Gasteiger partial charge in [-0.1, -0.05) is 20.3 Å². The average Bonchev–Trinajstić information content (AvgIpc) is 2.12. The van der Waals surface area contributed by atoms with Crippen molar-refractivity contribution < 1.29 is 9.53 Å². The molecule has 2 amide bonds. The number of ether oxygens (including phenoxy) is 1. The van der Waals surface area contributed by atoms with Crippen LogP contribution < -0.4 is 10.6 Å². The quantitative estimate of drug-likeness (QED) is 0.653. The molecule has 4 nitrogen and oxygen atoms in total. The van der Waals surface area contributed by atoms with Gasteiger partial charge in [0.05, 0.1) is 13.2 Å². The summed E-state index contributed by atoms with van der Waals surface area (Å²) in [4.78, 5) is 11.2. The summed E-state index contributed by atoms with van der Waals surface area (Å²) in [5.41, 5.74) is 0.155. The molecule has 0 radical (unpaired) electrons. The highest BCUT2D eigenvalue weighted by molar-refractivity contribution is 5.73. The van der Waals surface area contributed by atoms with Gasteiger partial charge in [-0.05, 0) is 6.42 Å². The Hall–Kier alpha value is -0.770. The molecule has 14 heavy (non-hydrogen) atoms. The Bertz CT molecular complexity index is 191. The summed E-state index contributed by atoms with van der Waals surface area (Å²) in [6.07, 6.45) is 2.14. The van der Waals surface area contributed by atoms with Crippen LogP contribution in [-0.4, -0.2) is 32.3 Å². The predicted molar refractivity (Wildman–Crippen MR) is 55.2 cm³/mol. The van der Waals surface area contributed by atoms with Gasteiger partial charge in [-0.2, -0.15) is 0 Å². The van der Waals surface area contributed by atoms with E-state index < -0.39 is 0 Å². The van der Waals surface area contributed by atoms with E-state index in [1.165, 1.54) is 0 Å². The maximum absolute atomic E-state index is 11.2. The van der Waals surface area contributed by atoms with Crippen LogP contribution in [0.5, 0.6) is 0 Å². The summed E-state index contributed by atoms with van der Waals surface area (Å²) in [6, 6.07) is -0.0634. The van der Waals surface area contributed by atoms with Crippen molar-refractivity contribution in [3.63, 3.8) is 0 Å². The molecule has 0 atom stereocenters. The molecule has 1 rings (SSSR count). The largest absolute Gasteiger partial charge is 0.380 e. The van der Waals surface area contributed by atoms with Gasteiger partial charge in [-0.3, -0.25) is 0 Å². The maximum Gasteiger partial charge on any atom is 0.314 e. The number of amides is 2. The molecule has 0 aromatic rings. The molecule has 0 aliphatic carbocycles. The third kappa shape index (κ3) is 3.54. The zero-order valence-electron chi connectivity index (χ0n) is 9.06. The van der Waals surface area contributed by atoms with Gasteiger partial charge >= 0.3 is 6.03 Å². The monoisotopic (exact) mass is 200 g/mol. The number of carbonyl (C=O) groups is 1. The highest BCUT2D eigenvalue weighted by Crippen LogP contribution is 2.24. The first-order valence-corrected chi connectivity index (χ1v) is 5.26. The van der Waals surface area contributed by atoms with E-state index in [1.54, 1.807) is 0 Å². The number of hydrogen-bond acceptors (Lipinski definition) is 2. The Kier molecular flexibility index (Phi) is 4.20. The van der Waals surface area contributed by atoms with E-state index in [0.29, 0.717) is 6.54 Å². The fraction of sp³-hybridized carbons (Fsp3) is 0.900. The van der Waals surface area contributed by atoms with Crippen molar-refractivity contribution in [2.24, 2.45) is 5.41 Å². The molecule has 1 saturated heterocycles. The van der Waals surface area contributed by atoms with Crippen molar-refractivity contribution in [2.75, 3.05) is 26.3 Å². The number of rotatable bonds is 5. The first-order valence-electron chi connectivity index (χ1n) is 5.26. The summed E-state index contributed by atoms with van der Waals surface area (Å²) in [5, 5.41) is 5.67. The summed E-state index contributed by atoms with van der Waals surface area (Å²) in [6.45, 7) is 7.18. The summed E-state index contributed by atoms with van der Waals surface area (Å²) >= 11 is 0. The minimum Gasteiger partial charge on any atom is -0.380 e. The topological polar surface area (TPSA) is 50.4 Å². The fourth-order valence-corrected chi connectivity index (χ4v) is 1.29. The van der Waals surface area contributed by atoms with Crippen molar-refractivity contribution in [1.82, 2.24) is 10.6 Å². The zero-order valence-corrected chi connectivity index (χ0v) is 9.06. The van der Waals surface area contributed by atoms with Crippen LogP contribution in [0.15, 0.2) is 0 Å². The van der Waals surface area contributed by atoms with E-state index in [1.807, 2.05) is 0 Å². The Morgan fingerprint density at radius 3 is 2.64 bits per heavy atom. The smallest absolute Gasteiger partial charge is 0.314 e. The van der Waals surface area contributed by atoms with E-state index in [4.69, 9.17) is 4.74 Å². The molecule has 1 aliphatic rings. The molecule has 82 valence electrons. The van der Waals surface area contributed by atoms with Gasteiger partial charge in [-0.15, -0.1) is 0 Å². The molecule has 0 aromatic heterocycles. The van der Waals surface area contributed by atoms with Crippen LogP contribution in [0.4, 0.5) is 4.79 Å². The van der Waals surface area contributed by atoms with Crippen LogP contribution in [0.2, 0.25) is 0 Å². The number of hydrogen-bond donors (Lipinski definition) is 2. The molecule has 1 heterocycles. The first kappa shape index (κ1) is 11.3. The second-order valence-electron chi connectivity index (χ2n) is 4.27. The van der Waals surface area contributed by atoms with Crippen molar-refractivity contribution in [1.29, 1.82) is 0 Å². The highest BCUT2D eigenvalue weighted by Gasteiger charge is 2.33. The van der Waals surface area contributed by atoms with Crippen molar-refractivity contribution in [3.8, 4) is 0 Å². The lowest BCUT2D eigenvalue weighted by Crippen LogP contribution is -2.50. The SMILES string of the molecule is CCCCNC(=O)NCC1(C)COC1. The van der Waals surface area contributed by atoms with Gasteiger partial charge < -0.3 is 15.4 Å². The minimum absolute atomic E-state index is 0.0634. The molecular formula is C10H20N2O2. The summed E-state index contributed by atoms with van der Waals surface area (Å²) < 4.78 is 5.10. The molecule has 0 spiro atoms. The molecular weight excluding hydrogens is 180 g/mol. The Labute approximate surface area is 85.4 Å². The fourth-order valence-electron chi connectivity index (χ4n) is 1.29. The van der Waals surface area contributed by atoms with E-state index in [-0.39, 0.29) is 11.4 Å². The standard InChI is InChI=1S/C10H20N2O2/c1-3-4-5-11-9(13)12-6-10(2)7-14-8-10/h3-8H2,1-2H3,(H2,11,12,13). The lowest BCUT2D eigenvalue weighted by Gasteiger charge is -2.37. The molecule has 0 saturated carbocycles. The van der Waals surface area contributed by atoms with Crippen molar-refractivity contribution in [3.05, 3.63) is 0 Å². The van der Waals surface area contributed by atoms with Gasteiger partial charge in [0, 0.05) is 18.5 Å². The summed E-state index contributed by atoms with van der Waals surface area (Å²) in [5.74, 6) is 0. The second kappa shape index (κ2) is 5.20. The Balaban J connectivity index is 2.03. The number of nitrogens with one attached hydrogen (secondary N) is 2. The van der Waals surface area contributed by atoms with Crippen LogP contribution in [0.1, 0.15) is 26.7 Å². The maximum atomic E-state index is 11.2. The number of urea groups is 1. The van der Waals surface area contributed by atoms with Gasteiger partial charge in [0.15, 0.2) is 0 Å². The molecule has 1 fully saturated rings. The van der Waals surface area contributed by atoms with Crippen LogP contribution >= 0.6 is 0 Å². The van der Waals surface area contributed by atoms with Crippen LogP contribution in [0.25, 0.3) is 0 Å². The predicted octanol–water partition coefficient (Wildman–Crippen LogP) is 1.12. The third-order valence-corrected chi connectivity index (χ3v) is 2.39. The van der Waals surface area contributed by atoms with E-state index >= 15 is 0 Å².